The lowest BCUT2D eigenvalue weighted by Gasteiger charge is -2.39. The van der Waals surface area contributed by atoms with Gasteiger partial charge >= 0.3 is 0 Å². The summed E-state index contributed by atoms with van der Waals surface area (Å²) >= 11 is 0. The molecule has 0 radical (unpaired) electrons. The highest BCUT2D eigenvalue weighted by molar-refractivity contribution is 6.23. The Morgan fingerprint density at radius 2 is 1.62 bits per heavy atom. The molecule has 1 atom stereocenters. The third-order valence-electron chi connectivity index (χ3n) is 8.92. The Bertz CT molecular complexity index is 2030. The van der Waals surface area contributed by atoms with E-state index in [9.17, 15) is 24.0 Å². The lowest BCUT2D eigenvalue weighted by molar-refractivity contribution is -0.136. The first-order valence-electron chi connectivity index (χ1n) is 15.1. The molecule has 3 aliphatic heterocycles. The molecule has 4 amide bonds. The number of imide groups is 2. The van der Waals surface area contributed by atoms with Crippen molar-refractivity contribution in [1.82, 2.24) is 24.7 Å². The van der Waals surface area contributed by atoms with Gasteiger partial charge in [0.15, 0.2) is 0 Å². The SMILES string of the molecule is COc1cc(-c2cn(C)c(=O)c3cnccc23)cc(OC)c1CN1CC(Oc2ccc3c(c2)C(=O)N(C2CCC(=O)NC2=O)C3=O)C1. The van der Waals surface area contributed by atoms with E-state index in [2.05, 4.69) is 15.2 Å². The van der Waals surface area contributed by atoms with E-state index in [0.29, 0.717) is 42.3 Å². The molecule has 1 unspecified atom stereocenters. The fourth-order valence-electron chi connectivity index (χ4n) is 6.50. The summed E-state index contributed by atoms with van der Waals surface area (Å²) < 4.78 is 19.3. The molecule has 13 nitrogen and oxygen atoms in total. The molecule has 13 heteroatoms. The van der Waals surface area contributed by atoms with E-state index in [0.717, 1.165) is 27.0 Å². The van der Waals surface area contributed by atoms with Crippen LogP contribution in [0.4, 0.5) is 0 Å². The number of methoxy groups -OCH3 is 2. The summed E-state index contributed by atoms with van der Waals surface area (Å²) in [4.78, 5) is 70.0. The number of rotatable bonds is 8. The monoisotopic (exact) mass is 637 g/mol. The van der Waals surface area contributed by atoms with Crippen LogP contribution >= 0.6 is 0 Å². The summed E-state index contributed by atoms with van der Waals surface area (Å²) in [5.41, 5.74) is 2.79. The van der Waals surface area contributed by atoms with Crippen LogP contribution in [-0.4, -0.2) is 82.4 Å². The second-order valence-electron chi connectivity index (χ2n) is 11.8. The number of ether oxygens (including phenoxy) is 3. The first-order valence-corrected chi connectivity index (χ1v) is 15.1. The maximum absolute atomic E-state index is 13.2. The van der Waals surface area contributed by atoms with Gasteiger partial charge < -0.3 is 18.8 Å². The summed E-state index contributed by atoms with van der Waals surface area (Å²) in [6.07, 6.45) is 5.02. The average Bonchev–Trinajstić information content (AvgIpc) is 3.30. The molecule has 0 bridgehead atoms. The molecule has 4 aromatic rings. The Morgan fingerprint density at radius 3 is 2.32 bits per heavy atom. The topological polar surface area (TPSA) is 149 Å². The van der Waals surface area contributed by atoms with Crippen molar-refractivity contribution < 1.29 is 33.4 Å². The first-order chi connectivity index (χ1) is 22.7. The predicted octanol–water partition coefficient (Wildman–Crippen LogP) is 2.28. The molecule has 1 N–H and O–H groups in total. The van der Waals surface area contributed by atoms with Gasteiger partial charge in [0.05, 0.1) is 36.3 Å². The summed E-state index contributed by atoms with van der Waals surface area (Å²) in [7, 11) is 4.92. The second-order valence-corrected chi connectivity index (χ2v) is 11.8. The van der Waals surface area contributed by atoms with Gasteiger partial charge in [-0.3, -0.25) is 44.1 Å². The highest BCUT2D eigenvalue weighted by atomic mass is 16.5. The van der Waals surface area contributed by atoms with Crippen LogP contribution in [0, 0.1) is 0 Å². The normalized spacial score (nSPS) is 18.3. The zero-order chi connectivity index (χ0) is 33.0. The summed E-state index contributed by atoms with van der Waals surface area (Å²) in [6.45, 7) is 1.72. The fraction of sp³-hybridized carbons (Fsp3) is 0.294. The summed E-state index contributed by atoms with van der Waals surface area (Å²) in [6, 6.07) is 9.39. The Hall–Kier alpha value is -5.56. The molecule has 7 rings (SSSR count). The van der Waals surface area contributed by atoms with E-state index in [1.165, 1.54) is 16.7 Å². The minimum atomic E-state index is -1.02. The average molecular weight is 638 g/mol. The number of aryl methyl sites for hydroxylation is 1. The van der Waals surface area contributed by atoms with Crippen LogP contribution in [0.15, 0.2) is 59.8 Å². The molecule has 2 aromatic heterocycles. The molecule has 2 saturated heterocycles. The van der Waals surface area contributed by atoms with Gasteiger partial charge in [0.25, 0.3) is 17.4 Å². The Labute approximate surface area is 268 Å². The van der Waals surface area contributed by atoms with E-state index < -0.39 is 29.7 Å². The minimum Gasteiger partial charge on any atom is -0.496 e. The van der Waals surface area contributed by atoms with Gasteiger partial charge in [-0.1, -0.05) is 0 Å². The Morgan fingerprint density at radius 1 is 0.894 bits per heavy atom. The first kappa shape index (κ1) is 30.1. The number of benzene rings is 2. The number of carbonyl (C=O) groups is 4. The van der Waals surface area contributed by atoms with Crippen LogP contribution in [0.25, 0.3) is 21.9 Å². The predicted molar refractivity (Wildman–Crippen MR) is 168 cm³/mol. The molecule has 5 heterocycles. The number of hydrogen-bond acceptors (Lipinski definition) is 10. The van der Waals surface area contributed by atoms with E-state index in [1.807, 2.05) is 18.2 Å². The largest absolute Gasteiger partial charge is 0.496 e. The quantitative estimate of drug-likeness (QED) is 0.285. The molecule has 47 heavy (non-hydrogen) atoms. The minimum absolute atomic E-state index is 0.0581. The van der Waals surface area contributed by atoms with Crippen LogP contribution in [0.5, 0.6) is 17.2 Å². The van der Waals surface area contributed by atoms with Crippen molar-refractivity contribution in [2.45, 2.75) is 31.5 Å². The molecule has 240 valence electrons. The Balaban J connectivity index is 1.05. The van der Waals surface area contributed by atoms with E-state index >= 15 is 0 Å². The van der Waals surface area contributed by atoms with Crippen LogP contribution in [0.3, 0.4) is 0 Å². The highest BCUT2D eigenvalue weighted by Crippen LogP contribution is 2.39. The van der Waals surface area contributed by atoms with Crippen molar-refractivity contribution in [3.8, 4) is 28.4 Å². The standard InChI is InChI=1S/C34H31N5O8/c1-37-16-25(21-8-9-35-13-24(21)32(37)42)18-10-28(45-2)26(29(11-18)46-3)17-38-14-20(15-38)47-19-4-5-22-23(12-19)34(44)39(33(22)43)27-6-7-30(40)36-31(27)41/h4-5,8-13,16,20,27H,6-7,14-15,17H2,1-3H3,(H,36,40,41). The second kappa shape index (κ2) is 11.7. The molecule has 3 aliphatic rings. The zero-order valence-corrected chi connectivity index (χ0v) is 25.9. The molecule has 0 spiro atoms. The smallest absolute Gasteiger partial charge is 0.262 e. The third-order valence-corrected chi connectivity index (χ3v) is 8.92. The van der Waals surface area contributed by atoms with Gasteiger partial charge in [-0.25, -0.2) is 0 Å². The molecular weight excluding hydrogens is 606 g/mol. The van der Waals surface area contributed by atoms with Gasteiger partial charge in [0.2, 0.25) is 11.8 Å². The number of nitrogens with zero attached hydrogens (tertiary/aromatic N) is 4. The van der Waals surface area contributed by atoms with Gasteiger partial charge in [0, 0.05) is 57.3 Å². The highest BCUT2D eigenvalue weighted by Gasteiger charge is 2.45. The van der Waals surface area contributed by atoms with Gasteiger partial charge in [-0.15, -0.1) is 0 Å². The number of fused-ring (bicyclic) bond motifs is 2. The number of carbonyl (C=O) groups excluding carboxylic acids is 4. The number of hydrogen-bond donors (Lipinski definition) is 1. The Kier molecular flexibility index (Phi) is 7.47. The summed E-state index contributed by atoms with van der Waals surface area (Å²) in [5.74, 6) is -0.484. The van der Waals surface area contributed by atoms with Crippen molar-refractivity contribution in [2.24, 2.45) is 7.05 Å². The zero-order valence-electron chi connectivity index (χ0n) is 25.9. The maximum atomic E-state index is 13.2. The fourth-order valence-corrected chi connectivity index (χ4v) is 6.50. The van der Waals surface area contributed by atoms with Crippen molar-refractivity contribution in [3.63, 3.8) is 0 Å². The number of likely N-dealkylation sites (tertiary alicyclic amines) is 1. The van der Waals surface area contributed by atoms with Crippen molar-refractivity contribution in [2.75, 3.05) is 27.3 Å². The number of nitrogens with one attached hydrogen (secondary N) is 1. The van der Waals surface area contributed by atoms with Crippen molar-refractivity contribution in [3.05, 3.63) is 82.0 Å². The molecule has 2 aromatic carbocycles. The lowest BCUT2D eigenvalue weighted by Crippen LogP contribution is -2.54. The number of piperidine rings is 1. The molecule has 0 saturated carbocycles. The molecular formula is C34H31N5O8. The van der Waals surface area contributed by atoms with Gasteiger partial charge in [-0.2, -0.15) is 0 Å². The van der Waals surface area contributed by atoms with Crippen LogP contribution in [0.1, 0.15) is 39.1 Å². The maximum Gasteiger partial charge on any atom is 0.262 e. The van der Waals surface area contributed by atoms with Crippen LogP contribution in [-0.2, 0) is 23.2 Å². The van der Waals surface area contributed by atoms with Crippen LogP contribution in [0.2, 0.25) is 0 Å². The number of amides is 4. The van der Waals surface area contributed by atoms with E-state index in [1.54, 1.807) is 45.9 Å². The van der Waals surface area contributed by atoms with Gasteiger partial charge in [0.1, 0.15) is 29.4 Å². The summed E-state index contributed by atoms with van der Waals surface area (Å²) in [5, 5.41) is 3.50. The third kappa shape index (κ3) is 5.18. The molecule has 0 aliphatic carbocycles. The number of pyridine rings is 2. The molecule has 2 fully saturated rings. The number of aromatic nitrogens is 2. The van der Waals surface area contributed by atoms with Gasteiger partial charge in [-0.05, 0) is 53.8 Å². The van der Waals surface area contributed by atoms with E-state index in [4.69, 9.17) is 14.2 Å². The lowest BCUT2D eigenvalue weighted by atomic mass is 9.98. The van der Waals surface area contributed by atoms with E-state index in [-0.39, 0.29) is 35.6 Å². The van der Waals surface area contributed by atoms with Crippen molar-refractivity contribution in [1.29, 1.82) is 0 Å². The van der Waals surface area contributed by atoms with Crippen molar-refractivity contribution >= 4 is 34.4 Å². The van der Waals surface area contributed by atoms with Crippen LogP contribution < -0.4 is 25.1 Å².